The molecule has 11 amide bonds. The number of nitrogens with zero attached hydrogens (tertiary/aromatic N) is 1. The predicted octanol–water partition coefficient (Wildman–Crippen LogP) is 0.474. The van der Waals surface area contributed by atoms with Crippen molar-refractivity contribution in [3.63, 3.8) is 0 Å². The first kappa shape index (κ1) is 70.5. The lowest BCUT2D eigenvalue weighted by Gasteiger charge is -2.31. The maximum atomic E-state index is 14.8. The maximum Gasteiger partial charge on any atom is 0.407 e. The van der Waals surface area contributed by atoms with Crippen LogP contribution in [-0.2, 0) is 71.9 Å². The number of hydrogen-bond donors (Lipinski definition) is 13. The average molecular weight is 1260 g/mol. The fourth-order valence-electron chi connectivity index (χ4n) is 11.6. The summed E-state index contributed by atoms with van der Waals surface area (Å²) in [6.45, 7) is 3.96. The number of guanidine groups is 1. The third-order valence-corrected chi connectivity index (χ3v) is 16.4. The maximum absolute atomic E-state index is 14.8. The van der Waals surface area contributed by atoms with Crippen LogP contribution in [-0.4, -0.2) is 144 Å². The van der Waals surface area contributed by atoms with Crippen LogP contribution in [0.1, 0.15) is 114 Å². The topological polar surface area (TPSA) is 424 Å². The molecule has 490 valence electrons. The van der Waals surface area contributed by atoms with Crippen LogP contribution < -0.4 is 65.5 Å². The zero-order chi connectivity index (χ0) is 66.0. The Balaban J connectivity index is 1.18. The van der Waals surface area contributed by atoms with E-state index in [1.807, 2.05) is 19.9 Å². The van der Waals surface area contributed by atoms with Crippen molar-refractivity contribution in [2.45, 2.75) is 165 Å². The number of carbonyl (C=O) groups is 11. The Bertz CT molecular complexity index is 3070. The molecule has 91 heavy (non-hydrogen) atoms. The van der Waals surface area contributed by atoms with Gasteiger partial charge in [-0.25, -0.2) is 4.79 Å². The molecule has 0 unspecified atom stereocenters. The van der Waals surface area contributed by atoms with Crippen LogP contribution in [0.15, 0.2) is 91.0 Å². The van der Waals surface area contributed by atoms with E-state index >= 15 is 0 Å². The molecule has 1 aliphatic heterocycles. The summed E-state index contributed by atoms with van der Waals surface area (Å²) in [4.78, 5) is 153. The lowest BCUT2D eigenvalue weighted by Crippen LogP contribution is -2.60. The average Bonchev–Trinajstić information content (AvgIpc) is 2.05. The number of alkyl carbamates (subject to hydrolysis) is 1. The monoisotopic (exact) mass is 1260 g/mol. The Labute approximate surface area is 530 Å². The van der Waals surface area contributed by atoms with Crippen molar-refractivity contribution in [1.29, 1.82) is 5.41 Å². The van der Waals surface area contributed by atoms with Crippen molar-refractivity contribution in [1.82, 2.24) is 47.4 Å². The van der Waals surface area contributed by atoms with Crippen LogP contribution in [0.25, 0.3) is 0 Å². The first-order chi connectivity index (χ1) is 43.6. The van der Waals surface area contributed by atoms with Crippen molar-refractivity contribution >= 4 is 71.1 Å². The zero-order valence-electron chi connectivity index (χ0n) is 51.7. The van der Waals surface area contributed by atoms with Crippen LogP contribution in [0.5, 0.6) is 0 Å². The van der Waals surface area contributed by atoms with E-state index in [1.54, 1.807) is 84.9 Å². The van der Waals surface area contributed by atoms with Crippen LogP contribution in [0.2, 0.25) is 0 Å². The molecule has 0 radical (unpaired) electrons. The lowest BCUT2D eigenvalue weighted by atomic mass is 9.99. The second kappa shape index (κ2) is 35.6. The number of rotatable bonds is 35. The third kappa shape index (κ3) is 23.4. The number of nitrogens with two attached hydrogens (primary N) is 4. The minimum Gasteiger partial charge on any atom is -0.449 e. The summed E-state index contributed by atoms with van der Waals surface area (Å²) in [5.41, 5.74) is 24.2. The van der Waals surface area contributed by atoms with E-state index < -0.39 is 126 Å². The smallest absolute Gasteiger partial charge is 0.407 e. The summed E-state index contributed by atoms with van der Waals surface area (Å²) in [5, 5.41) is 29.0. The summed E-state index contributed by atoms with van der Waals surface area (Å²) >= 11 is 0. The van der Waals surface area contributed by atoms with Gasteiger partial charge in [-0.3, -0.25) is 53.4 Å². The predicted molar refractivity (Wildman–Crippen MR) is 336 cm³/mol. The van der Waals surface area contributed by atoms with Crippen LogP contribution in [0, 0.1) is 40.9 Å². The Kier molecular flexibility index (Phi) is 27.6. The van der Waals surface area contributed by atoms with E-state index in [1.165, 1.54) is 4.90 Å². The molecule has 26 heteroatoms. The van der Waals surface area contributed by atoms with Gasteiger partial charge in [-0.1, -0.05) is 105 Å². The molecule has 0 spiro atoms. The van der Waals surface area contributed by atoms with E-state index in [-0.39, 0.29) is 102 Å². The molecule has 2 aliphatic carbocycles. The number of likely N-dealkylation sites (tertiary alicyclic amines) is 1. The highest BCUT2D eigenvalue weighted by molar-refractivity contribution is 5.98. The molecule has 17 N–H and O–H groups in total. The van der Waals surface area contributed by atoms with E-state index in [9.17, 15) is 52.7 Å². The first-order valence-electron chi connectivity index (χ1n) is 31.1. The number of ether oxygens (including phenoxy) is 1. The fraction of sp³-hybridized carbons (Fsp3) is 0.508. The fourth-order valence-corrected chi connectivity index (χ4v) is 11.6. The highest BCUT2D eigenvalue weighted by atomic mass is 16.5. The number of hydrogen-bond acceptors (Lipinski definition) is 13. The largest absolute Gasteiger partial charge is 0.449 e. The Morgan fingerprint density at radius 2 is 0.989 bits per heavy atom. The highest BCUT2D eigenvalue weighted by Crippen LogP contribution is 2.52. The molecule has 0 aromatic heterocycles. The van der Waals surface area contributed by atoms with Crippen molar-refractivity contribution in [3.05, 3.63) is 108 Å². The van der Waals surface area contributed by atoms with Gasteiger partial charge in [0.05, 0.1) is 6.61 Å². The van der Waals surface area contributed by atoms with Gasteiger partial charge in [0.1, 0.15) is 48.3 Å². The van der Waals surface area contributed by atoms with Crippen LogP contribution in [0.4, 0.5) is 4.79 Å². The summed E-state index contributed by atoms with van der Waals surface area (Å²) in [6.07, 6.45) is 1.67. The Morgan fingerprint density at radius 1 is 0.549 bits per heavy atom. The summed E-state index contributed by atoms with van der Waals surface area (Å²) in [6, 6.07) is 15.7. The van der Waals surface area contributed by atoms with E-state index in [0.717, 1.165) is 31.2 Å². The van der Waals surface area contributed by atoms with Gasteiger partial charge in [-0.2, -0.15) is 0 Å². The number of benzene rings is 3. The highest BCUT2D eigenvalue weighted by Gasteiger charge is 2.49. The third-order valence-electron chi connectivity index (χ3n) is 16.4. The molecule has 2 fully saturated rings. The van der Waals surface area contributed by atoms with Gasteiger partial charge in [-0.05, 0) is 98.1 Å². The Hall–Kier alpha value is -9.54. The van der Waals surface area contributed by atoms with Gasteiger partial charge in [-0.15, -0.1) is 11.8 Å². The van der Waals surface area contributed by atoms with Gasteiger partial charge >= 0.3 is 6.09 Å². The lowest BCUT2D eigenvalue weighted by molar-refractivity contribution is -0.143. The number of amides is 11. The second-order valence-corrected chi connectivity index (χ2v) is 23.9. The van der Waals surface area contributed by atoms with Gasteiger partial charge in [0.15, 0.2) is 5.96 Å². The van der Waals surface area contributed by atoms with Crippen molar-refractivity contribution in [2.24, 2.45) is 46.6 Å². The minimum absolute atomic E-state index is 0.0194. The first-order valence-corrected chi connectivity index (χ1v) is 31.1. The van der Waals surface area contributed by atoms with Crippen LogP contribution in [0.3, 0.4) is 0 Å². The molecule has 3 aliphatic rings. The molecule has 1 heterocycles. The minimum atomic E-state index is -1.52. The zero-order valence-corrected chi connectivity index (χ0v) is 51.7. The molecule has 1 saturated heterocycles. The van der Waals surface area contributed by atoms with Crippen molar-refractivity contribution < 1.29 is 57.5 Å². The molecule has 11 atom stereocenters. The quantitative estimate of drug-likeness (QED) is 0.0165. The van der Waals surface area contributed by atoms with Gasteiger partial charge in [0.2, 0.25) is 59.1 Å². The molecule has 26 nitrogen and oxygen atoms in total. The summed E-state index contributed by atoms with van der Waals surface area (Å²) < 4.78 is 5.72. The normalized spacial score (nSPS) is 18.7. The van der Waals surface area contributed by atoms with Crippen molar-refractivity contribution in [3.8, 4) is 11.8 Å². The van der Waals surface area contributed by atoms with Gasteiger partial charge in [0.25, 0.3) is 0 Å². The molecular formula is C65H88N14O12. The summed E-state index contributed by atoms with van der Waals surface area (Å²) in [5.74, 6) is -1.32. The van der Waals surface area contributed by atoms with E-state index in [0.29, 0.717) is 23.0 Å². The van der Waals surface area contributed by atoms with Crippen molar-refractivity contribution in [2.75, 3.05) is 19.7 Å². The molecule has 3 aromatic carbocycles. The summed E-state index contributed by atoms with van der Waals surface area (Å²) in [7, 11) is 0. The van der Waals surface area contributed by atoms with Gasteiger partial charge in [0, 0.05) is 58.0 Å². The second-order valence-electron chi connectivity index (χ2n) is 23.9. The number of fused-ring (bicyclic) bond motifs is 1. The number of primary amides is 3. The Morgan fingerprint density at radius 3 is 1.49 bits per heavy atom. The van der Waals surface area contributed by atoms with E-state index in [2.05, 4.69) is 54.4 Å². The molecule has 1 saturated carbocycles. The number of nitrogens with one attached hydrogen (secondary N) is 9. The SMILES string of the molecule is CC(C)C[C@H](NC(=O)[C@H](Cc1ccccc1)NC(=O)OC[C@H]1[C@@H]2CCC#CCC[C@@H]21)C(=O)N[C@@H](Cc1ccccc1)C(=O)N[C@@H](CCC(N)=O)C(=O)N1CCC[C@H]1C(=O)N[C@@H](CCC(N)=O)C(=O)N[C@@H](CCCNC(=N)N)C(=O)N[C@@H](Cc1ccccc1)C(N)=O. The number of carbonyl (C=O) groups excluding carboxylic acids is 11. The molecule has 3 aromatic rings. The molecular weight excluding hydrogens is 1170 g/mol. The standard InChI is InChI=1S/C65H88N14O12/c1-39(2)34-50(76-61(87)52(37-42-22-12-7-13-23-42)78-65(90)91-38-45-43-24-14-3-4-15-25-44(43)45)59(85)77-51(36-41-20-10-6-11-21-41)60(86)74-48(29-31-55(67)81)63(89)79-33-17-27-53(79)62(88)73-47(28-30-54(66)80)58(84)72-46(26-16-32-71-64(69)70)57(83)75-49(56(68)82)35-40-18-8-5-9-19-40/h5-13,18-23,39,43-53H,14-17,24-38H2,1-2H3,(H2,66,80)(H2,67,81)(H2,68,82)(H,72,84)(H,73,88)(H,74,86)(H,75,83)(H,76,87)(H,77,85)(H,78,90)(H4,69,70,71)/t43-,44+,45+,46-,47-,48-,49-,50-,51-,52-,53-/m0/s1. The van der Waals surface area contributed by atoms with Gasteiger partial charge < -0.3 is 75.1 Å². The van der Waals surface area contributed by atoms with Crippen LogP contribution >= 0.6 is 0 Å². The molecule has 0 bridgehead atoms. The van der Waals surface area contributed by atoms with E-state index in [4.69, 9.17) is 33.1 Å². The molecule has 6 rings (SSSR count).